The van der Waals surface area contributed by atoms with E-state index in [1.54, 1.807) is 30.3 Å². The number of rotatable bonds is 3. The molecule has 0 saturated heterocycles. The van der Waals surface area contributed by atoms with Crippen molar-refractivity contribution in [3.05, 3.63) is 60.7 Å². The Labute approximate surface area is 115 Å². The van der Waals surface area contributed by atoms with Crippen LogP contribution in [-0.2, 0) is 0 Å². The Kier molecular flexibility index (Phi) is 3.05. The number of aromatic hydroxyl groups is 2. The van der Waals surface area contributed by atoms with Crippen LogP contribution in [0.1, 0.15) is 0 Å². The molecule has 3 rings (SSSR count). The van der Waals surface area contributed by atoms with Crippen molar-refractivity contribution < 1.29 is 20.0 Å². The molecule has 4 heteroatoms. The average Bonchev–Trinajstić information content (AvgIpc) is 2.48. The zero-order valence-corrected chi connectivity index (χ0v) is 10.5. The van der Waals surface area contributed by atoms with E-state index < -0.39 is 0 Å². The molecule has 3 aromatic carbocycles. The molecule has 0 aliphatic carbocycles. The molecule has 2 N–H and O–H groups in total. The van der Waals surface area contributed by atoms with E-state index in [1.807, 2.05) is 18.2 Å². The van der Waals surface area contributed by atoms with Gasteiger partial charge >= 0.3 is 0 Å². The van der Waals surface area contributed by atoms with E-state index >= 15 is 0 Å². The molecule has 0 aliphatic heterocycles. The van der Waals surface area contributed by atoms with Gasteiger partial charge in [0.15, 0.2) is 11.5 Å². The number of benzene rings is 3. The zero-order chi connectivity index (χ0) is 13.9. The molecule has 0 amide bonds. The SMILES string of the molecule is Oc1ccccc1OOc1ccc(O)c2ccccc12. The van der Waals surface area contributed by atoms with Gasteiger partial charge in [-0.05, 0) is 24.3 Å². The Morgan fingerprint density at radius 2 is 1.20 bits per heavy atom. The van der Waals surface area contributed by atoms with Crippen molar-refractivity contribution in [2.24, 2.45) is 0 Å². The van der Waals surface area contributed by atoms with Gasteiger partial charge < -0.3 is 10.2 Å². The van der Waals surface area contributed by atoms with Gasteiger partial charge in [-0.15, -0.1) is 0 Å². The molecule has 100 valence electrons. The van der Waals surface area contributed by atoms with E-state index in [4.69, 9.17) is 9.78 Å². The summed E-state index contributed by atoms with van der Waals surface area (Å²) >= 11 is 0. The molecular weight excluding hydrogens is 256 g/mol. The van der Waals surface area contributed by atoms with Gasteiger partial charge in [0.1, 0.15) is 5.75 Å². The predicted molar refractivity (Wildman–Crippen MR) is 75.0 cm³/mol. The fourth-order valence-corrected chi connectivity index (χ4v) is 1.95. The van der Waals surface area contributed by atoms with E-state index in [0.29, 0.717) is 11.1 Å². The molecule has 0 bridgehead atoms. The van der Waals surface area contributed by atoms with Crippen molar-refractivity contribution in [1.82, 2.24) is 0 Å². The molecule has 0 fully saturated rings. The van der Waals surface area contributed by atoms with Crippen LogP contribution in [0.4, 0.5) is 0 Å². The number of para-hydroxylation sites is 2. The predicted octanol–water partition coefficient (Wildman–Crippen LogP) is 3.62. The first-order valence-corrected chi connectivity index (χ1v) is 6.09. The van der Waals surface area contributed by atoms with Crippen LogP contribution >= 0.6 is 0 Å². The van der Waals surface area contributed by atoms with E-state index in [2.05, 4.69) is 0 Å². The van der Waals surface area contributed by atoms with Crippen molar-refractivity contribution in [2.75, 3.05) is 0 Å². The normalized spacial score (nSPS) is 10.4. The van der Waals surface area contributed by atoms with Gasteiger partial charge in [0, 0.05) is 10.8 Å². The molecule has 3 aromatic rings. The second-order valence-corrected chi connectivity index (χ2v) is 4.26. The molecular formula is C16H12O4. The van der Waals surface area contributed by atoms with Crippen LogP contribution in [0.2, 0.25) is 0 Å². The fourth-order valence-electron chi connectivity index (χ4n) is 1.95. The van der Waals surface area contributed by atoms with E-state index in [0.717, 1.165) is 5.39 Å². The highest BCUT2D eigenvalue weighted by Crippen LogP contribution is 2.33. The Balaban J connectivity index is 1.92. The Morgan fingerprint density at radius 3 is 2.00 bits per heavy atom. The lowest BCUT2D eigenvalue weighted by Crippen LogP contribution is -2.01. The standard InChI is InChI=1S/C16H12O4/c17-13-9-10-15(12-6-2-1-5-11(12)13)19-20-16-8-4-3-7-14(16)18/h1-10,17-18H. The Morgan fingerprint density at radius 1 is 0.550 bits per heavy atom. The second-order valence-electron chi connectivity index (χ2n) is 4.26. The summed E-state index contributed by atoms with van der Waals surface area (Å²) in [6, 6.07) is 16.9. The molecule has 0 saturated carbocycles. The minimum absolute atomic E-state index is 0.00409. The molecule has 0 radical (unpaired) electrons. The number of fused-ring (bicyclic) bond motifs is 1. The van der Waals surface area contributed by atoms with Gasteiger partial charge in [0.2, 0.25) is 5.75 Å². The maximum Gasteiger partial charge on any atom is 0.220 e. The third kappa shape index (κ3) is 2.19. The lowest BCUT2D eigenvalue weighted by molar-refractivity contribution is -0.100. The van der Waals surface area contributed by atoms with Gasteiger partial charge in [-0.25, -0.2) is 0 Å². The summed E-state index contributed by atoms with van der Waals surface area (Å²) < 4.78 is 0. The first-order valence-electron chi connectivity index (χ1n) is 6.09. The summed E-state index contributed by atoms with van der Waals surface area (Å²) in [6.45, 7) is 0. The van der Waals surface area contributed by atoms with Gasteiger partial charge in [-0.3, -0.25) is 9.78 Å². The highest BCUT2D eigenvalue weighted by Gasteiger charge is 2.08. The Bertz CT molecular complexity index is 752. The van der Waals surface area contributed by atoms with Crippen LogP contribution in [0.25, 0.3) is 10.8 Å². The summed E-state index contributed by atoms with van der Waals surface area (Å²) in [5.41, 5.74) is 0. The summed E-state index contributed by atoms with van der Waals surface area (Å²) in [5, 5.41) is 20.8. The lowest BCUT2D eigenvalue weighted by Gasteiger charge is -2.10. The van der Waals surface area contributed by atoms with Crippen LogP contribution in [-0.4, -0.2) is 10.2 Å². The zero-order valence-electron chi connectivity index (χ0n) is 10.5. The number of phenolic OH excluding ortho intramolecular Hbond substituents is 2. The first kappa shape index (κ1) is 12.2. The van der Waals surface area contributed by atoms with Crippen molar-refractivity contribution in [3.8, 4) is 23.0 Å². The molecule has 0 aromatic heterocycles. The van der Waals surface area contributed by atoms with Crippen molar-refractivity contribution >= 4 is 10.8 Å². The Hall–Kier alpha value is -2.88. The second kappa shape index (κ2) is 5.01. The lowest BCUT2D eigenvalue weighted by atomic mass is 10.1. The van der Waals surface area contributed by atoms with Crippen LogP contribution in [0.5, 0.6) is 23.0 Å². The van der Waals surface area contributed by atoms with Gasteiger partial charge in [-0.2, -0.15) is 0 Å². The first-order chi connectivity index (χ1) is 9.75. The molecule has 0 heterocycles. The summed E-state index contributed by atoms with van der Waals surface area (Å²) in [6.07, 6.45) is 0. The minimum atomic E-state index is -0.00409. The van der Waals surface area contributed by atoms with E-state index in [-0.39, 0.29) is 17.2 Å². The highest BCUT2D eigenvalue weighted by atomic mass is 17.2. The number of hydrogen-bond donors (Lipinski definition) is 2. The minimum Gasteiger partial charge on any atom is -0.507 e. The molecule has 0 spiro atoms. The molecule has 0 unspecified atom stereocenters. The average molecular weight is 268 g/mol. The third-order valence-electron chi connectivity index (χ3n) is 2.95. The molecule has 20 heavy (non-hydrogen) atoms. The molecule has 0 aliphatic rings. The van der Waals surface area contributed by atoms with Crippen LogP contribution < -0.4 is 9.78 Å². The van der Waals surface area contributed by atoms with Gasteiger partial charge in [-0.1, -0.05) is 36.4 Å². The summed E-state index contributed by atoms with van der Waals surface area (Å²) in [5.74, 6) is 0.859. The molecule has 0 atom stereocenters. The summed E-state index contributed by atoms with van der Waals surface area (Å²) in [7, 11) is 0. The topological polar surface area (TPSA) is 58.9 Å². The number of hydrogen-bond acceptors (Lipinski definition) is 4. The highest BCUT2D eigenvalue weighted by molar-refractivity contribution is 5.92. The summed E-state index contributed by atoms with van der Waals surface area (Å²) in [4.78, 5) is 10.4. The molecule has 4 nitrogen and oxygen atoms in total. The van der Waals surface area contributed by atoms with Gasteiger partial charge in [0.25, 0.3) is 0 Å². The van der Waals surface area contributed by atoms with Crippen molar-refractivity contribution in [1.29, 1.82) is 0 Å². The van der Waals surface area contributed by atoms with Crippen LogP contribution in [0.3, 0.4) is 0 Å². The maximum absolute atomic E-state index is 9.79. The smallest absolute Gasteiger partial charge is 0.220 e. The van der Waals surface area contributed by atoms with Crippen LogP contribution in [0, 0.1) is 0 Å². The maximum atomic E-state index is 9.79. The van der Waals surface area contributed by atoms with Gasteiger partial charge in [0.05, 0.1) is 0 Å². The van der Waals surface area contributed by atoms with Crippen molar-refractivity contribution in [2.45, 2.75) is 0 Å². The monoisotopic (exact) mass is 268 g/mol. The van der Waals surface area contributed by atoms with Crippen molar-refractivity contribution in [3.63, 3.8) is 0 Å². The van der Waals surface area contributed by atoms with E-state index in [9.17, 15) is 10.2 Å². The quantitative estimate of drug-likeness (QED) is 0.562. The fraction of sp³-hybridized carbons (Fsp3) is 0. The van der Waals surface area contributed by atoms with Crippen LogP contribution in [0.15, 0.2) is 60.7 Å². The number of phenols is 2. The largest absolute Gasteiger partial charge is 0.507 e. The van der Waals surface area contributed by atoms with E-state index in [1.165, 1.54) is 12.1 Å². The third-order valence-corrected chi connectivity index (χ3v) is 2.95.